The second-order valence-electron chi connectivity index (χ2n) is 6.15. The smallest absolute Gasteiger partial charge is 0.340 e. The fourth-order valence-electron chi connectivity index (χ4n) is 2.61. The zero-order valence-electron chi connectivity index (χ0n) is 15.1. The number of carbonyl (C=O) groups excluding carboxylic acids is 1. The summed E-state index contributed by atoms with van der Waals surface area (Å²) in [4.78, 5) is 19.9. The number of rotatable bonds is 5. The fraction of sp³-hybridized carbons (Fsp3) is 0.150. The molecule has 2 N–H and O–H groups in total. The summed E-state index contributed by atoms with van der Waals surface area (Å²) in [5, 5.41) is 5.68. The van der Waals surface area contributed by atoms with Gasteiger partial charge >= 0.3 is 6.18 Å². The van der Waals surface area contributed by atoms with Crippen LogP contribution in [0.25, 0.3) is 0 Å². The number of hydrogen-bond acceptors (Lipinski definition) is 5. The van der Waals surface area contributed by atoms with E-state index in [1.807, 2.05) is 0 Å². The number of nitrogens with zero attached hydrogens (tertiary/aromatic N) is 2. The van der Waals surface area contributed by atoms with E-state index in [4.69, 9.17) is 0 Å². The van der Waals surface area contributed by atoms with Crippen LogP contribution in [-0.2, 0) is 6.18 Å². The highest BCUT2D eigenvalue weighted by Gasteiger charge is 2.33. The van der Waals surface area contributed by atoms with Crippen molar-refractivity contribution in [2.75, 3.05) is 10.6 Å². The van der Waals surface area contributed by atoms with Crippen LogP contribution in [0.15, 0.2) is 54.6 Å². The number of aromatic nitrogens is 2. The van der Waals surface area contributed by atoms with Crippen LogP contribution in [0.4, 0.5) is 36.3 Å². The molecule has 2 aromatic carbocycles. The van der Waals surface area contributed by atoms with E-state index in [1.165, 1.54) is 25.1 Å². The highest BCUT2D eigenvalue weighted by molar-refractivity contribution is 5.95. The number of para-hydroxylation sites is 1. The summed E-state index contributed by atoms with van der Waals surface area (Å²) in [6.45, 7) is 3.17. The quantitative estimate of drug-likeness (QED) is 0.567. The molecule has 0 aliphatic heterocycles. The number of anilines is 4. The summed E-state index contributed by atoms with van der Waals surface area (Å²) >= 11 is 0. The van der Waals surface area contributed by atoms with Gasteiger partial charge in [0.2, 0.25) is 5.95 Å². The number of carbonyl (C=O) groups is 1. The molecule has 1 aromatic heterocycles. The molecule has 3 aromatic rings. The number of hydrogen-bond donors (Lipinski definition) is 2. The normalized spacial score (nSPS) is 11.2. The van der Waals surface area contributed by atoms with Crippen molar-refractivity contribution in [2.45, 2.75) is 20.0 Å². The average Bonchev–Trinajstić information content (AvgIpc) is 2.61. The molecule has 5 nitrogen and oxygen atoms in total. The maximum absolute atomic E-state index is 13.2. The van der Waals surface area contributed by atoms with Crippen molar-refractivity contribution >= 4 is 28.9 Å². The molecule has 0 saturated carbocycles. The fourth-order valence-corrected chi connectivity index (χ4v) is 2.61. The molecular weight excluding hydrogens is 369 g/mol. The Morgan fingerprint density at radius 2 is 1.71 bits per heavy atom. The van der Waals surface area contributed by atoms with Crippen LogP contribution < -0.4 is 10.6 Å². The predicted molar refractivity (Wildman–Crippen MR) is 101 cm³/mol. The topological polar surface area (TPSA) is 66.9 Å². The van der Waals surface area contributed by atoms with Gasteiger partial charge in [0, 0.05) is 23.0 Å². The van der Waals surface area contributed by atoms with Gasteiger partial charge in [0.1, 0.15) is 5.82 Å². The van der Waals surface area contributed by atoms with Gasteiger partial charge in [-0.3, -0.25) is 4.79 Å². The van der Waals surface area contributed by atoms with E-state index < -0.39 is 11.7 Å². The van der Waals surface area contributed by atoms with Crippen molar-refractivity contribution in [1.82, 2.24) is 9.97 Å². The van der Waals surface area contributed by atoms with E-state index in [0.717, 1.165) is 6.07 Å². The van der Waals surface area contributed by atoms with Crippen molar-refractivity contribution in [1.29, 1.82) is 0 Å². The lowest BCUT2D eigenvalue weighted by atomic mass is 10.1. The van der Waals surface area contributed by atoms with Gasteiger partial charge in [-0.05, 0) is 38.1 Å². The first-order chi connectivity index (χ1) is 13.2. The molecule has 3 rings (SSSR count). The minimum Gasteiger partial charge on any atom is -0.340 e. The number of nitrogens with one attached hydrogen (secondary N) is 2. The molecule has 0 aliphatic carbocycles. The van der Waals surface area contributed by atoms with Gasteiger partial charge in [0.15, 0.2) is 5.78 Å². The molecule has 1 heterocycles. The molecule has 0 aliphatic rings. The number of halogens is 3. The molecule has 28 heavy (non-hydrogen) atoms. The van der Waals surface area contributed by atoms with Crippen molar-refractivity contribution in [3.05, 3.63) is 71.4 Å². The second-order valence-corrected chi connectivity index (χ2v) is 6.15. The van der Waals surface area contributed by atoms with Crippen LogP contribution in [0.5, 0.6) is 0 Å². The van der Waals surface area contributed by atoms with Gasteiger partial charge in [0.05, 0.1) is 11.3 Å². The Morgan fingerprint density at radius 1 is 0.964 bits per heavy atom. The molecule has 0 atom stereocenters. The van der Waals surface area contributed by atoms with Gasteiger partial charge in [-0.2, -0.15) is 18.2 Å². The molecule has 0 amide bonds. The van der Waals surface area contributed by atoms with E-state index >= 15 is 0 Å². The number of aryl methyl sites for hydroxylation is 1. The third-order valence-electron chi connectivity index (χ3n) is 3.87. The van der Waals surface area contributed by atoms with E-state index in [-0.39, 0.29) is 17.4 Å². The standard InChI is InChI=1S/C20H17F3N4O/c1-12-10-18(25-15-7-5-6-14(11-15)13(2)28)27-19(24-12)26-17-9-4-3-8-16(17)20(21,22)23/h3-11H,1-2H3,(H2,24,25,26,27). The summed E-state index contributed by atoms with van der Waals surface area (Å²) in [7, 11) is 0. The van der Waals surface area contributed by atoms with Crippen molar-refractivity contribution in [2.24, 2.45) is 0 Å². The average molecular weight is 386 g/mol. The maximum atomic E-state index is 13.2. The van der Waals surface area contributed by atoms with Gasteiger partial charge in [0.25, 0.3) is 0 Å². The Bertz CT molecular complexity index is 1020. The zero-order valence-corrected chi connectivity index (χ0v) is 15.1. The molecule has 144 valence electrons. The van der Waals surface area contributed by atoms with Crippen LogP contribution in [0.3, 0.4) is 0 Å². The Kier molecular flexibility index (Phi) is 5.30. The third kappa shape index (κ3) is 4.64. The molecule has 0 spiro atoms. The molecular formula is C20H17F3N4O. The lowest BCUT2D eigenvalue weighted by Crippen LogP contribution is -2.10. The summed E-state index contributed by atoms with van der Waals surface area (Å²) in [5.41, 5.74) is 0.793. The predicted octanol–water partition coefficient (Wildman–Crippen LogP) is 5.49. The minimum atomic E-state index is -4.50. The highest BCUT2D eigenvalue weighted by atomic mass is 19.4. The van der Waals surface area contributed by atoms with Crippen molar-refractivity contribution in [3.8, 4) is 0 Å². The monoisotopic (exact) mass is 386 g/mol. The van der Waals surface area contributed by atoms with E-state index in [0.29, 0.717) is 22.8 Å². The lowest BCUT2D eigenvalue weighted by Gasteiger charge is -2.14. The summed E-state index contributed by atoms with van der Waals surface area (Å²) in [6, 6.07) is 13.6. The van der Waals surface area contributed by atoms with Crippen LogP contribution in [0.2, 0.25) is 0 Å². The van der Waals surface area contributed by atoms with Gasteiger partial charge in [-0.25, -0.2) is 4.98 Å². The molecule has 8 heteroatoms. The second kappa shape index (κ2) is 7.67. The van der Waals surface area contributed by atoms with Crippen molar-refractivity contribution in [3.63, 3.8) is 0 Å². The zero-order chi connectivity index (χ0) is 20.3. The Morgan fingerprint density at radius 3 is 2.43 bits per heavy atom. The van der Waals surface area contributed by atoms with Gasteiger partial charge in [-0.15, -0.1) is 0 Å². The van der Waals surface area contributed by atoms with Crippen LogP contribution in [0, 0.1) is 6.92 Å². The maximum Gasteiger partial charge on any atom is 0.418 e. The Labute approximate surface area is 159 Å². The Balaban J connectivity index is 1.89. The lowest BCUT2D eigenvalue weighted by molar-refractivity contribution is -0.136. The third-order valence-corrected chi connectivity index (χ3v) is 3.87. The van der Waals surface area contributed by atoms with Crippen LogP contribution in [0.1, 0.15) is 28.5 Å². The largest absolute Gasteiger partial charge is 0.418 e. The SMILES string of the molecule is CC(=O)c1cccc(Nc2cc(C)nc(Nc3ccccc3C(F)(F)F)n2)c1. The van der Waals surface area contributed by atoms with Crippen LogP contribution >= 0.6 is 0 Å². The molecule has 0 saturated heterocycles. The Hall–Kier alpha value is -3.42. The van der Waals surface area contributed by atoms with E-state index in [2.05, 4.69) is 20.6 Å². The first-order valence-electron chi connectivity index (χ1n) is 8.39. The minimum absolute atomic E-state index is 0.0296. The first-order valence-corrected chi connectivity index (χ1v) is 8.39. The summed E-state index contributed by atoms with van der Waals surface area (Å²) in [5.74, 6) is 0.343. The number of benzene rings is 2. The summed E-state index contributed by atoms with van der Waals surface area (Å²) < 4.78 is 39.5. The van der Waals surface area contributed by atoms with E-state index in [1.54, 1.807) is 37.3 Å². The number of Topliss-reactive ketones (excluding diaryl/α,β-unsaturated/α-hetero) is 1. The molecule has 0 bridgehead atoms. The van der Waals surface area contributed by atoms with Gasteiger partial charge < -0.3 is 10.6 Å². The van der Waals surface area contributed by atoms with Gasteiger partial charge in [-0.1, -0.05) is 24.3 Å². The number of alkyl halides is 3. The van der Waals surface area contributed by atoms with E-state index in [9.17, 15) is 18.0 Å². The van der Waals surface area contributed by atoms with Crippen LogP contribution in [-0.4, -0.2) is 15.8 Å². The summed E-state index contributed by atoms with van der Waals surface area (Å²) in [6.07, 6.45) is -4.50. The first kappa shape index (κ1) is 19.3. The molecule has 0 unspecified atom stereocenters. The molecule has 0 fully saturated rings. The van der Waals surface area contributed by atoms with Crippen molar-refractivity contribution < 1.29 is 18.0 Å². The highest BCUT2D eigenvalue weighted by Crippen LogP contribution is 2.35. The molecule has 0 radical (unpaired) electrons. The number of ketones is 1.